The predicted octanol–water partition coefficient (Wildman–Crippen LogP) is 0.592. The van der Waals surface area contributed by atoms with Gasteiger partial charge >= 0.3 is 22.5 Å². The summed E-state index contributed by atoms with van der Waals surface area (Å²) >= 11 is 0. The molecule has 0 radical (unpaired) electrons. The zero-order chi connectivity index (χ0) is 16.6. The quantitative estimate of drug-likeness (QED) is 0.380. The van der Waals surface area contributed by atoms with Gasteiger partial charge in [0.25, 0.3) is 0 Å². The minimum absolute atomic E-state index is 0.00763. The van der Waals surface area contributed by atoms with Gasteiger partial charge in [0, 0.05) is 10.8 Å². The van der Waals surface area contributed by atoms with Crippen LogP contribution >= 0.6 is 0 Å². The summed E-state index contributed by atoms with van der Waals surface area (Å²) < 4.78 is 9.35. The number of furan rings is 2. The van der Waals surface area contributed by atoms with E-state index in [2.05, 4.69) is 19.0 Å². The fourth-order valence-electron chi connectivity index (χ4n) is 3.23. The third-order valence-electron chi connectivity index (χ3n) is 4.15. The zero-order valence-corrected chi connectivity index (χ0v) is 11.7. The van der Waals surface area contributed by atoms with Crippen LogP contribution in [0.5, 0.6) is 0 Å². The summed E-state index contributed by atoms with van der Waals surface area (Å²) in [5, 5.41) is 8.87. The van der Waals surface area contributed by atoms with Gasteiger partial charge in [-0.05, 0) is 17.5 Å². The maximum atomic E-state index is 12.1. The van der Waals surface area contributed by atoms with Crippen molar-refractivity contribution in [1.29, 1.82) is 0 Å². The molecule has 0 N–H and O–H groups in total. The molecule has 0 aliphatic heterocycles. The van der Waals surface area contributed by atoms with Gasteiger partial charge in [0.15, 0.2) is 0 Å². The van der Waals surface area contributed by atoms with Crippen LogP contribution in [-0.4, -0.2) is 10.2 Å². The third-order valence-corrected chi connectivity index (χ3v) is 4.15. The Morgan fingerprint density at radius 3 is 2.04 bits per heavy atom. The van der Waals surface area contributed by atoms with E-state index in [-0.39, 0.29) is 27.1 Å². The zero-order valence-electron chi connectivity index (χ0n) is 11.7. The van der Waals surface area contributed by atoms with E-state index in [0.29, 0.717) is 16.2 Å². The van der Waals surface area contributed by atoms with Gasteiger partial charge in [-0.3, -0.25) is 0 Å². The number of nitrogens with zero attached hydrogens (tertiary/aromatic N) is 2. The Morgan fingerprint density at radius 2 is 1.25 bits per heavy atom. The molecule has 24 heavy (non-hydrogen) atoms. The Hall–Kier alpha value is -3.68. The van der Waals surface area contributed by atoms with Crippen LogP contribution in [0.4, 0.5) is 0 Å². The van der Waals surface area contributed by atoms with Crippen LogP contribution in [0.25, 0.3) is 43.2 Å². The van der Waals surface area contributed by atoms with Gasteiger partial charge in [-0.25, -0.2) is 19.2 Å². The first-order valence-electron chi connectivity index (χ1n) is 6.85. The molecule has 0 unspecified atom stereocenters. The molecule has 0 aliphatic carbocycles. The van der Waals surface area contributed by atoms with Crippen molar-refractivity contribution < 1.29 is 8.83 Å². The minimum atomic E-state index is -0.829. The van der Waals surface area contributed by atoms with Crippen LogP contribution in [0.3, 0.4) is 0 Å². The Balaban J connectivity index is 2.37. The smallest absolute Gasteiger partial charge is 0.349 e. The summed E-state index contributed by atoms with van der Waals surface area (Å²) in [6, 6.07) is 4.44. The van der Waals surface area contributed by atoms with E-state index in [4.69, 9.17) is 0 Å². The number of fused-ring (bicyclic) bond motifs is 8. The molecule has 0 saturated heterocycles. The maximum absolute atomic E-state index is 12.1. The predicted molar refractivity (Wildman–Crippen MR) is 84.0 cm³/mol. The van der Waals surface area contributed by atoms with Gasteiger partial charge in [0.05, 0.1) is 22.4 Å². The average molecular weight is 320 g/mol. The van der Waals surface area contributed by atoms with Crippen molar-refractivity contribution in [1.82, 2.24) is 10.2 Å². The van der Waals surface area contributed by atoms with Crippen molar-refractivity contribution >= 4 is 43.2 Å². The Morgan fingerprint density at radius 1 is 0.625 bits per heavy atom. The summed E-state index contributed by atoms with van der Waals surface area (Å²) in [7, 11) is 0. The highest BCUT2D eigenvalue weighted by Gasteiger charge is 2.22. The number of rotatable bonds is 0. The van der Waals surface area contributed by atoms with Crippen molar-refractivity contribution in [3.63, 3.8) is 0 Å². The monoisotopic (exact) mass is 320 g/mol. The molecule has 8 nitrogen and oxygen atoms in total. The second kappa shape index (κ2) is 3.99. The molecule has 8 heteroatoms. The largest absolute Gasteiger partial charge is 0.386 e. The Labute approximate surface area is 129 Å². The summed E-state index contributed by atoms with van der Waals surface area (Å²) in [4.78, 5) is 48.0. The lowest BCUT2D eigenvalue weighted by Crippen LogP contribution is -1.98. The molecule has 0 bridgehead atoms. The lowest BCUT2D eigenvalue weighted by molar-refractivity contribution is 0.500. The lowest BCUT2D eigenvalue weighted by atomic mass is 9.97. The second-order valence-corrected chi connectivity index (χ2v) is 5.31. The van der Waals surface area contributed by atoms with Crippen LogP contribution in [0.2, 0.25) is 0 Å². The van der Waals surface area contributed by atoms with Crippen molar-refractivity contribution in [2.24, 2.45) is 0 Å². The number of hydrogen-bond acceptors (Lipinski definition) is 8. The van der Waals surface area contributed by atoms with Crippen molar-refractivity contribution in [3.8, 4) is 0 Å². The first kappa shape index (κ1) is 12.8. The molecule has 0 amide bonds. The molecular weight excluding hydrogens is 316 g/mol. The van der Waals surface area contributed by atoms with Gasteiger partial charge in [-0.2, -0.15) is 5.10 Å². The number of benzene rings is 2. The fraction of sp³-hybridized carbons (Fsp3) is 0. The van der Waals surface area contributed by atoms with Gasteiger partial charge < -0.3 is 8.83 Å². The van der Waals surface area contributed by atoms with Crippen LogP contribution < -0.4 is 22.5 Å². The van der Waals surface area contributed by atoms with E-state index in [1.807, 2.05) is 0 Å². The number of hydrogen-bond donors (Lipinski definition) is 0. The van der Waals surface area contributed by atoms with Crippen molar-refractivity contribution in [2.45, 2.75) is 0 Å². The summed E-state index contributed by atoms with van der Waals surface area (Å²) in [5.41, 5.74) is -3.08. The van der Waals surface area contributed by atoms with Crippen LogP contribution in [0.1, 0.15) is 0 Å². The van der Waals surface area contributed by atoms with Crippen LogP contribution in [0, 0.1) is 0 Å². The molecule has 0 saturated carbocycles. The normalized spacial score (nSPS) is 12.0. The van der Waals surface area contributed by atoms with Gasteiger partial charge in [-0.15, -0.1) is 5.10 Å². The SMILES string of the molecule is O=c1oc(=O)c2c1ccc1c3c(=O)oc(=O)c3c3nnccc3c12. The second-order valence-electron chi connectivity index (χ2n) is 5.31. The third kappa shape index (κ3) is 1.33. The molecule has 3 aromatic heterocycles. The van der Waals surface area contributed by atoms with Gasteiger partial charge in [0.1, 0.15) is 10.9 Å². The van der Waals surface area contributed by atoms with E-state index >= 15 is 0 Å². The van der Waals surface area contributed by atoms with Crippen LogP contribution in [-0.2, 0) is 0 Å². The summed E-state index contributed by atoms with van der Waals surface area (Å²) in [6.45, 7) is 0. The lowest BCUT2D eigenvalue weighted by Gasteiger charge is -2.04. The molecule has 0 atom stereocenters. The molecule has 5 aromatic rings. The Bertz CT molecular complexity index is 1520. The Kier molecular flexibility index (Phi) is 2.13. The van der Waals surface area contributed by atoms with E-state index in [1.165, 1.54) is 18.3 Å². The van der Waals surface area contributed by atoms with E-state index in [9.17, 15) is 19.2 Å². The van der Waals surface area contributed by atoms with Crippen molar-refractivity contribution in [3.05, 3.63) is 66.1 Å². The maximum Gasteiger partial charge on any atom is 0.349 e. The molecule has 0 fully saturated rings. The number of aromatic nitrogens is 2. The molecule has 3 heterocycles. The van der Waals surface area contributed by atoms with E-state index in [1.54, 1.807) is 6.07 Å². The molecule has 0 aliphatic rings. The molecule has 0 spiro atoms. The molecule has 114 valence electrons. The van der Waals surface area contributed by atoms with E-state index < -0.39 is 22.5 Å². The molecular formula is C16H4N2O6. The highest BCUT2D eigenvalue weighted by atomic mass is 16.4. The van der Waals surface area contributed by atoms with Crippen molar-refractivity contribution in [2.75, 3.05) is 0 Å². The summed E-state index contributed by atoms with van der Waals surface area (Å²) in [5.74, 6) is 0. The first-order chi connectivity index (χ1) is 11.6. The fourth-order valence-corrected chi connectivity index (χ4v) is 3.23. The average Bonchev–Trinajstić information content (AvgIpc) is 3.04. The van der Waals surface area contributed by atoms with E-state index in [0.717, 1.165) is 0 Å². The first-order valence-corrected chi connectivity index (χ1v) is 6.85. The minimum Gasteiger partial charge on any atom is -0.386 e. The van der Waals surface area contributed by atoms with Crippen LogP contribution in [0.15, 0.2) is 52.4 Å². The van der Waals surface area contributed by atoms with Gasteiger partial charge in [-0.1, -0.05) is 6.07 Å². The topological polar surface area (TPSA) is 120 Å². The molecule has 2 aromatic carbocycles. The van der Waals surface area contributed by atoms with Gasteiger partial charge in [0.2, 0.25) is 0 Å². The highest BCUT2D eigenvalue weighted by Crippen LogP contribution is 2.33. The molecule has 5 rings (SSSR count). The summed E-state index contributed by atoms with van der Waals surface area (Å²) in [6.07, 6.45) is 1.39. The highest BCUT2D eigenvalue weighted by molar-refractivity contribution is 6.29. The standard InChI is InChI=1S/C16H4N2O6/c19-13-7-2-1-5-8(10(7)15(21)23-13)6-3-4-17-18-12(6)11-9(5)14(20)24-16(11)22/h1-4H.